The number of oxazole rings is 1. The molecule has 1 amide bonds. The highest BCUT2D eigenvalue weighted by atomic mass is 35.5. The van der Waals surface area contributed by atoms with Crippen LogP contribution in [0.25, 0.3) is 16.7 Å². The van der Waals surface area contributed by atoms with E-state index in [2.05, 4.69) is 10.3 Å². The Balaban J connectivity index is 1.97. The summed E-state index contributed by atoms with van der Waals surface area (Å²) in [7, 11) is 0. The van der Waals surface area contributed by atoms with Gasteiger partial charge in [0.1, 0.15) is 5.52 Å². The van der Waals surface area contributed by atoms with Crippen LogP contribution in [-0.4, -0.2) is 22.0 Å². The Labute approximate surface area is 170 Å². The van der Waals surface area contributed by atoms with Crippen molar-refractivity contribution in [2.75, 3.05) is 0 Å². The van der Waals surface area contributed by atoms with Gasteiger partial charge in [-0.05, 0) is 49.2 Å². The van der Waals surface area contributed by atoms with Gasteiger partial charge >= 0.3 is 11.9 Å². The zero-order chi connectivity index (χ0) is 21.1. The fraction of sp³-hybridized carbons (Fsp3) is 0.0952. The lowest BCUT2D eigenvalue weighted by Gasteiger charge is -2.13. The third-order valence-corrected chi connectivity index (χ3v) is 4.42. The average Bonchev–Trinajstić information content (AvgIpc) is 3.12. The first-order chi connectivity index (χ1) is 13.8. The van der Waals surface area contributed by atoms with Crippen molar-refractivity contribution in [3.8, 4) is 0 Å². The highest BCUT2D eigenvalue weighted by Gasteiger charge is 2.22. The summed E-state index contributed by atoms with van der Waals surface area (Å²) in [4.78, 5) is 28.3. The van der Waals surface area contributed by atoms with Crippen LogP contribution in [0.3, 0.4) is 0 Å². The number of fused-ring (bicyclic) bond motifs is 1. The first kappa shape index (κ1) is 20.3. The molecule has 8 heteroatoms. The zero-order valence-electron chi connectivity index (χ0n) is 15.5. The molecule has 0 unspecified atom stereocenters. The van der Waals surface area contributed by atoms with Crippen LogP contribution in [-0.2, 0) is 4.79 Å². The standard InChI is InChI=1S/C21H16ClFN2O4/c1-3-14(12-7-9-13(22)10-8-12)17(21(27)28)11(2)24-19(26)20-25-18-15(23)5-4-6-16(18)29-20/h3-10H,1-2H3,(H,24,26)(H,27,28)/b14-3-,17-11-. The van der Waals surface area contributed by atoms with Crippen LogP contribution in [0.4, 0.5) is 4.39 Å². The van der Waals surface area contributed by atoms with Crippen LogP contribution in [0.1, 0.15) is 30.1 Å². The monoisotopic (exact) mass is 414 g/mol. The van der Waals surface area contributed by atoms with Crippen LogP contribution in [0.15, 0.2) is 64.2 Å². The third kappa shape index (κ3) is 4.20. The van der Waals surface area contributed by atoms with E-state index in [1.165, 1.54) is 25.1 Å². The number of nitrogens with one attached hydrogen (secondary N) is 1. The summed E-state index contributed by atoms with van der Waals surface area (Å²) < 4.78 is 19.0. The number of amides is 1. The van der Waals surface area contributed by atoms with Gasteiger partial charge in [0.2, 0.25) is 0 Å². The van der Waals surface area contributed by atoms with Crippen molar-refractivity contribution in [2.45, 2.75) is 13.8 Å². The Morgan fingerprint density at radius 1 is 1.21 bits per heavy atom. The van der Waals surface area contributed by atoms with E-state index < -0.39 is 17.7 Å². The molecule has 0 saturated carbocycles. The molecule has 0 radical (unpaired) electrons. The van der Waals surface area contributed by atoms with E-state index in [4.69, 9.17) is 16.0 Å². The van der Waals surface area contributed by atoms with Crippen molar-refractivity contribution in [1.82, 2.24) is 10.3 Å². The van der Waals surface area contributed by atoms with Crippen molar-refractivity contribution in [1.29, 1.82) is 0 Å². The van der Waals surface area contributed by atoms with Crippen molar-refractivity contribution in [2.24, 2.45) is 0 Å². The number of benzene rings is 2. The predicted molar refractivity (Wildman–Crippen MR) is 107 cm³/mol. The maximum atomic E-state index is 13.8. The van der Waals surface area contributed by atoms with Crippen molar-refractivity contribution >= 4 is 40.2 Å². The summed E-state index contributed by atoms with van der Waals surface area (Å²) in [5.74, 6) is -3.01. The van der Waals surface area contributed by atoms with Gasteiger partial charge in [0.05, 0.1) is 5.57 Å². The lowest BCUT2D eigenvalue weighted by atomic mass is 9.96. The Morgan fingerprint density at radius 3 is 2.48 bits per heavy atom. The molecule has 1 heterocycles. The fourth-order valence-corrected chi connectivity index (χ4v) is 2.99. The quantitative estimate of drug-likeness (QED) is 0.461. The largest absolute Gasteiger partial charge is 0.478 e. The van der Waals surface area contributed by atoms with Crippen molar-refractivity contribution in [3.05, 3.63) is 82.1 Å². The first-order valence-electron chi connectivity index (χ1n) is 8.55. The number of hydrogen-bond donors (Lipinski definition) is 2. The van der Waals surface area contributed by atoms with Gasteiger partial charge in [-0.2, -0.15) is 0 Å². The molecule has 0 aliphatic rings. The van der Waals surface area contributed by atoms with E-state index in [0.29, 0.717) is 16.2 Å². The number of allylic oxidation sites excluding steroid dienone is 2. The zero-order valence-corrected chi connectivity index (χ0v) is 16.2. The summed E-state index contributed by atoms with van der Waals surface area (Å²) in [6.45, 7) is 3.13. The number of hydrogen-bond acceptors (Lipinski definition) is 4. The molecular weight excluding hydrogens is 399 g/mol. The Hall–Kier alpha value is -3.45. The molecule has 0 atom stereocenters. The number of nitrogens with zero attached hydrogens (tertiary/aromatic N) is 1. The molecule has 3 rings (SSSR count). The molecule has 2 aromatic carbocycles. The number of aliphatic carboxylic acids is 1. The molecular formula is C21H16ClFN2O4. The number of aromatic nitrogens is 1. The van der Waals surface area contributed by atoms with E-state index in [0.717, 1.165) is 0 Å². The minimum Gasteiger partial charge on any atom is -0.478 e. The van der Waals surface area contributed by atoms with E-state index in [-0.39, 0.29) is 28.3 Å². The number of carboxylic acids is 1. The average molecular weight is 415 g/mol. The maximum Gasteiger partial charge on any atom is 0.338 e. The molecule has 0 spiro atoms. The molecule has 3 aromatic rings. The molecule has 0 bridgehead atoms. The van der Waals surface area contributed by atoms with E-state index in [1.807, 2.05) is 0 Å². The second kappa shape index (κ2) is 8.28. The molecule has 148 valence electrons. The fourth-order valence-electron chi connectivity index (χ4n) is 2.86. The third-order valence-electron chi connectivity index (χ3n) is 4.17. The second-order valence-corrected chi connectivity index (χ2v) is 6.51. The minimum absolute atomic E-state index is 0.0759. The van der Waals surface area contributed by atoms with Gasteiger partial charge in [-0.25, -0.2) is 14.2 Å². The molecule has 0 aliphatic carbocycles. The smallest absolute Gasteiger partial charge is 0.338 e. The van der Waals surface area contributed by atoms with Crippen LogP contribution in [0.2, 0.25) is 5.02 Å². The van der Waals surface area contributed by atoms with Gasteiger partial charge in [-0.3, -0.25) is 4.79 Å². The van der Waals surface area contributed by atoms with Crippen LogP contribution in [0, 0.1) is 5.82 Å². The summed E-state index contributed by atoms with van der Waals surface area (Å²) in [6.07, 6.45) is 1.62. The van der Waals surface area contributed by atoms with Gasteiger partial charge < -0.3 is 14.8 Å². The number of para-hydroxylation sites is 1. The number of carboxylic acid groups (broad SMARTS) is 1. The molecule has 2 N–H and O–H groups in total. The molecule has 0 aliphatic heterocycles. The summed E-state index contributed by atoms with van der Waals surface area (Å²) in [5, 5.41) is 12.7. The van der Waals surface area contributed by atoms with Crippen molar-refractivity contribution < 1.29 is 23.5 Å². The number of halogens is 2. The minimum atomic E-state index is -1.23. The molecule has 29 heavy (non-hydrogen) atoms. The lowest BCUT2D eigenvalue weighted by Crippen LogP contribution is -2.25. The lowest BCUT2D eigenvalue weighted by molar-refractivity contribution is -0.132. The van der Waals surface area contributed by atoms with Crippen LogP contribution in [0.5, 0.6) is 0 Å². The summed E-state index contributed by atoms with van der Waals surface area (Å²) in [6, 6.07) is 10.7. The number of carbonyl (C=O) groups is 2. The normalized spacial score (nSPS) is 12.6. The van der Waals surface area contributed by atoms with E-state index in [1.54, 1.807) is 37.3 Å². The van der Waals surface area contributed by atoms with Gasteiger partial charge in [-0.1, -0.05) is 35.9 Å². The van der Waals surface area contributed by atoms with Gasteiger partial charge in [0, 0.05) is 10.7 Å². The number of rotatable bonds is 5. The Bertz CT molecular complexity index is 1160. The SMILES string of the molecule is C/C=C(\C(C(=O)O)=C(/C)NC(=O)c1nc2c(F)cccc2o1)c1ccc(Cl)cc1. The highest BCUT2D eigenvalue weighted by Crippen LogP contribution is 2.27. The summed E-state index contributed by atoms with van der Waals surface area (Å²) >= 11 is 5.90. The van der Waals surface area contributed by atoms with Gasteiger partial charge in [0.25, 0.3) is 5.89 Å². The molecule has 0 saturated heterocycles. The van der Waals surface area contributed by atoms with Gasteiger partial charge in [-0.15, -0.1) is 0 Å². The predicted octanol–water partition coefficient (Wildman–Crippen LogP) is 4.81. The molecule has 0 fully saturated rings. The molecule has 1 aromatic heterocycles. The Kier molecular flexibility index (Phi) is 5.79. The van der Waals surface area contributed by atoms with Gasteiger partial charge in [0.15, 0.2) is 11.4 Å². The van der Waals surface area contributed by atoms with Crippen LogP contribution >= 0.6 is 11.6 Å². The topological polar surface area (TPSA) is 92.4 Å². The first-order valence-corrected chi connectivity index (χ1v) is 8.92. The van der Waals surface area contributed by atoms with E-state index in [9.17, 15) is 19.1 Å². The van der Waals surface area contributed by atoms with E-state index >= 15 is 0 Å². The maximum absolute atomic E-state index is 13.8. The Morgan fingerprint density at radius 2 is 1.90 bits per heavy atom. The second-order valence-electron chi connectivity index (χ2n) is 6.07. The highest BCUT2D eigenvalue weighted by molar-refractivity contribution is 6.30. The summed E-state index contributed by atoms with van der Waals surface area (Å²) in [5.41, 5.74) is 1.03. The number of carbonyl (C=O) groups excluding carboxylic acids is 1. The molecule has 6 nitrogen and oxygen atoms in total. The van der Waals surface area contributed by atoms with Crippen LogP contribution < -0.4 is 5.32 Å². The van der Waals surface area contributed by atoms with Crippen molar-refractivity contribution in [3.63, 3.8) is 0 Å².